The first kappa shape index (κ1) is 12.3. The summed E-state index contributed by atoms with van der Waals surface area (Å²) in [5, 5.41) is 2.72. The third-order valence-corrected chi connectivity index (χ3v) is 4.23. The highest BCUT2D eigenvalue weighted by Crippen LogP contribution is 2.23. The molecule has 0 bridgehead atoms. The van der Waals surface area contributed by atoms with Crippen molar-refractivity contribution in [3.05, 3.63) is 53.4 Å². The van der Waals surface area contributed by atoms with E-state index in [0.29, 0.717) is 5.69 Å². The molecule has 0 heterocycles. The molecule has 0 aromatic heterocycles. The van der Waals surface area contributed by atoms with Gasteiger partial charge in [-0.05, 0) is 53.7 Å². The molecular formula is C12H10N2O3S. The molecule has 0 spiro atoms. The SMILES string of the molecule is Nc1ccc(S(=O)(=O)c2ccc(N=O)cc2)cc1. The van der Waals surface area contributed by atoms with Gasteiger partial charge in [0.05, 0.1) is 9.79 Å². The van der Waals surface area contributed by atoms with Crippen molar-refractivity contribution in [1.82, 2.24) is 0 Å². The van der Waals surface area contributed by atoms with E-state index in [9.17, 15) is 13.3 Å². The molecule has 2 aromatic carbocycles. The van der Waals surface area contributed by atoms with Crippen LogP contribution in [0.4, 0.5) is 11.4 Å². The number of hydrogen-bond acceptors (Lipinski definition) is 5. The average molecular weight is 262 g/mol. The number of sulfone groups is 1. The third-order valence-electron chi connectivity index (χ3n) is 2.44. The normalized spacial score (nSPS) is 11.1. The molecule has 0 saturated carbocycles. The van der Waals surface area contributed by atoms with E-state index in [0.717, 1.165) is 0 Å². The topological polar surface area (TPSA) is 89.6 Å². The first-order valence-corrected chi connectivity index (χ1v) is 6.56. The van der Waals surface area contributed by atoms with Crippen molar-refractivity contribution in [3.63, 3.8) is 0 Å². The molecule has 0 aliphatic heterocycles. The van der Waals surface area contributed by atoms with Crippen molar-refractivity contribution >= 4 is 21.2 Å². The highest BCUT2D eigenvalue weighted by atomic mass is 32.2. The minimum Gasteiger partial charge on any atom is -0.399 e. The Labute approximate surface area is 104 Å². The molecule has 5 nitrogen and oxygen atoms in total. The van der Waals surface area contributed by atoms with Gasteiger partial charge in [-0.3, -0.25) is 0 Å². The van der Waals surface area contributed by atoms with Gasteiger partial charge in [0, 0.05) is 5.69 Å². The van der Waals surface area contributed by atoms with Crippen molar-refractivity contribution in [2.75, 3.05) is 5.73 Å². The van der Waals surface area contributed by atoms with Crippen LogP contribution < -0.4 is 5.73 Å². The quantitative estimate of drug-likeness (QED) is 0.679. The molecule has 18 heavy (non-hydrogen) atoms. The smallest absolute Gasteiger partial charge is 0.206 e. The summed E-state index contributed by atoms with van der Waals surface area (Å²) in [5.74, 6) is 0. The van der Waals surface area contributed by atoms with Crippen LogP contribution in [0.1, 0.15) is 0 Å². The Bertz CT molecular complexity index is 661. The van der Waals surface area contributed by atoms with Crippen molar-refractivity contribution < 1.29 is 8.42 Å². The Kier molecular flexibility index (Phi) is 3.12. The average Bonchev–Trinajstić information content (AvgIpc) is 2.39. The lowest BCUT2D eigenvalue weighted by atomic mass is 10.3. The fourth-order valence-corrected chi connectivity index (χ4v) is 2.73. The Morgan fingerprint density at radius 1 is 0.833 bits per heavy atom. The fourth-order valence-electron chi connectivity index (χ4n) is 1.47. The lowest BCUT2D eigenvalue weighted by Crippen LogP contribution is -2.01. The highest BCUT2D eigenvalue weighted by molar-refractivity contribution is 7.91. The van der Waals surface area contributed by atoms with Crippen LogP contribution in [0.2, 0.25) is 0 Å². The van der Waals surface area contributed by atoms with Gasteiger partial charge in [-0.15, -0.1) is 4.91 Å². The van der Waals surface area contributed by atoms with Crippen molar-refractivity contribution in [1.29, 1.82) is 0 Å². The molecule has 0 fully saturated rings. The Morgan fingerprint density at radius 2 is 1.28 bits per heavy atom. The van der Waals surface area contributed by atoms with Gasteiger partial charge < -0.3 is 5.73 Å². The standard InChI is InChI=1S/C12H10N2O3S/c13-9-1-5-11(6-2-9)18(16,17)12-7-3-10(14-15)4-8-12/h1-8H,13H2. The number of rotatable bonds is 3. The molecule has 0 atom stereocenters. The molecule has 6 heteroatoms. The second-order valence-electron chi connectivity index (χ2n) is 3.66. The molecule has 0 radical (unpaired) electrons. The second kappa shape index (κ2) is 4.58. The first-order chi connectivity index (χ1) is 8.54. The molecule has 0 amide bonds. The van der Waals surface area contributed by atoms with Crippen LogP contribution in [0, 0.1) is 4.91 Å². The molecule has 0 unspecified atom stereocenters. The lowest BCUT2D eigenvalue weighted by Gasteiger charge is -2.04. The number of nitrogen functional groups attached to an aromatic ring is 1. The minimum absolute atomic E-state index is 0.111. The van der Waals surface area contributed by atoms with E-state index in [-0.39, 0.29) is 15.5 Å². The van der Waals surface area contributed by atoms with Gasteiger partial charge in [0.1, 0.15) is 5.69 Å². The molecule has 2 rings (SSSR count). The predicted octanol–water partition coefficient (Wildman–Crippen LogP) is 2.50. The number of benzene rings is 2. The van der Waals surface area contributed by atoms with Crippen LogP contribution in [-0.2, 0) is 9.84 Å². The number of nitroso groups, excluding NO2 is 1. The van der Waals surface area contributed by atoms with E-state index >= 15 is 0 Å². The van der Waals surface area contributed by atoms with E-state index in [4.69, 9.17) is 5.73 Å². The van der Waals surface area contributed by atoms with E-state index in [1.165, 1.54) is 48.5 Å². The fraction of sp³-hybridized carbons (Fsp3) is 0. The number of nitrogens with two attached hydrogens (primary N) is 1. The summed E-state index contributed by atoms with van der Waals surface area (Å²) in [6.45, 7) is 0. The lowest BCUT2D eigenvalue weighted by molar-refractivity contribution is 0.596. The Hall–Kier alpha value is -2.21. The molecule has 2 aromatic rings. The van der Waals surface area contributed by atoms with Crippen LogP contribution in [0.5, 0.6) is 0 Å². The zero-order valence-electron chi connectivity index (χ0n) is 9.28. The van der Waals surface area contributed by atoms with E-state index < -0.39 is 9.84 Å². The predicted molar refractivity (Wildman–Crippen MR) is 68.2 cm³/mol. The van der Waals surface area contributed by atoms with Crippen LogP contribution in [-0.4, -0.2) is 8.42 Å². The van der Waals surface area contributed by atoms with Crippen LogP contribution in [0.25, 0.3) is 0 Å². The van der Waals surface area contributed by atoms with Gasteiger partial charge in [-0.2, -0.15) is 0 Å². The summed E-state index contributed by atoms with van der Waals surface area (Å²) >= 11 is 0. The van der Waals surface area contributed by atoms with Gasteiger partial charge in [0.2, 0.25) is 9.84 Å². The summed E-state index contributed by atoms with van der Waals surface area (Å²) in [6.07, 6.45) is 0. The summed E-state index contributed by atoms with van der Waals surface area (Å²) in [5.41, 5.74) is 6.19. The van der Waals surface area contributed by atoms with E-state index in [1.54, 1.807) is 0 Å². The maximum Gasteiger partial charge on any atom is 0.206 e. The van der Waals surface area contributed by atoms with Gasteiger partial charge in [-0.25, -0.2) is 8.42 Å². The first-order valence-electron chi connectivity index (χ1n) is 5.08. The molecule has 2 N–H and O–H groups in total. The van der Waals surface area contributed by atoms with Gasteiger partial charge in [0.15, 0.2) is 0 Å². The number of hydrogen-bond donors (Lipinski definition) is 1. The summed E-state index contributed by atoms with van der Waals surface area (Å²) in [4.78, 5) is 10.5. The molecular weight excluding hydrogens is 252 g/mol. The van der Waals surface area contributed by atoms with E-state index in [2.05, 4.69) is 5.18 Å². The number of anilines is 1. The molecule has 0 aliphatic rings. The molecule has 92 valence electrons. The summed E-state index contributed by atoms with van der Waals surface area (Å²) in [6, 6.07) is 11.3. The van der Waals surface area contributed by atoms with Crippen molar-refractivity contribution in [2.24, 2.45) is 5.18 Å². The molecule has 0 aliphatic carbocycles. The van der Waals surface area contributed by atoms with Gasteiger partial charge >= 0.3 is 0 Å². The number of nitrogens with zero attached hydrogens (tertiary/aromatic N) is 1. The largest absolute Gasteiger partial charge is 0.399 e. The van der Waals surface area contributed by atoms with Crippen LogP contribution in [0.3, 0.4) is 0 Å². The van der Waals surface area contributed by atoms with Gasteiger partial charge in [-0.1, -0.05) is 0 Å². The maximum absolute atomic E-state index is 12.2. The zero-order chi connectivity index (χ0) is 13.2. The Morgan fingerprint density at radius 3 is 1.72 bits per heavy atom. The van der Waals surface area contributed by atoms with Gasteiger partial charge in [0.25, 0.3) is 0 Å². The minimum atomic E-state index is -3.58. The zero-order valence-corrected chi connectivity index (χ0v) is 10.1. The monoisotopic (exact) mass is 262 g/mol. The third kappa shape index (κ3) is 2.23. The second-order valence-corrected chi connectivity index (χ2v) is 5.61. The van der Waals surface area contributed by atoms with E-state index in [1.807, 2.05) is 0 Å². The van der Waals surface area contributed by atoms with Crippen molar-refractivity contribution in [2.45, 2.75) is 9.79 Å². The van der Waals surface area contributed by atoms with Crippen LogP contribution in [0.15, 0.2) is 63.5 Å². The van der Waals surface area contributed by atoms with Crippen molar-refractivity contribution in [3.8, 4) is 0 Å². The molecule has 0 saturated heterocycles. The van der Waals surface area contributed by atoms with Crippen LogP contribution >= 0.6 is 0 Å². The summed E-state index contributed by atoms with van der Waals surface area (Å²) < 4.78 is 24.4. The maximum atomic E-state index is 12.2. The summed E-state index contributed by atoms with van der Waals surface area (Å²) in [7, 11) is -3.58. The highest BCUT2D eigenvalue weighted by Gasteiger charge is 2.17. The Balaban J connectivity index is 2.47.